The number of aromatic amines is 1. The zero-order valence-electron chi connectivity index (χ0n) is 15.4. The molecule has 1 saturated heterocycles. The molecule has 0 aliphatic carbocycles. The van der Waals surface area contributed by atoms with Crippen LogP contribution in [-0.2, 0) is 11.2 Å². The van der Waals surface area contributed by atoms with Crippen LogP contribution in [0, 0.1) is 6.92 Å². The summed E-state index contributed by atoms with van der Waals surface area (Å²) in [7, 11) is 0. The molecule has 1 aliphatic rings. The first-order chi connectivity index (χ1) is 12.7. The average molecular weight is 346 g/mol. The lowest BCUT2D eigenvalue weighted by molar-refractivity contribution is -0.132. The number of hydrogen-bond donors (Lipinski definition) is 1. The monoisotopic (exact) mass is 346 g/mol. The van der Waals surface area contributed by atoms with Gasteiger partial charge in [-0.1, -0.05) is 48.0 Å². The molecule has 1 aliphatic heterocycles. The molecule has 0 atom stereocenters. The molecule has 0 radical (unpaired) electrons. The number of piperidine rings is 1. The second-order valence-corrected chi connectivity index (χ2v) is 7.43. The standard InChI is InChI=1S/C23H26N2O/c1-17-6-8-18(9-7-17)10-11-23(26)25-14-12-19(13-15-25)21-16-24-22-5-3-2-4-20(21)22/h2-9,16,19,24H,10-15H2,1H3. The van der Waals surface area contributed by atoms with Crippen molar-refractivity contribution in [1.82, 2.24) is 9.88 Å². The molecule has 134 valence electrons. The predicted molar refractivity (Wildman–Crippen MR) is 106 cm³/mol. The minimum Gasteiger partial charge on any atom is -0.361 e. The fraction of sp³-hybridized carbons (Fsp3) is 0.348. The van der Waals surface area contributed by atoms with Crippen LogP contribution in [0.25, 0.3) is 10.9 Å². The van der Waals surface area contributed by atoms with E-state index in [0.29, 0.717) is 18.2 Å². The van der Waals surface area contributed by atoms with E-state index in [-0.39, 0.29) is 0 Å². The van der Waals surface area contributed by atoms with Gasteiger partial charge < -0.3 is 9.88 Å². The van der Waals surface area contributed by atoms with Gasteiger partial charge in [0.1, 0.15) is 0 Å². The van der Waals surface area contributed by atoms with Crippen molar-refractivity contribution in [3.63, 3.8) is 0 Å². The zero-order chi connectivity index (χ0) is 17.9. The minimum absolute atomic E-state index is 0.294. The maximum Gasteiger partial charge on any atom is 0.222 e. The molecule has 26 heavy (non-hydrogen) atoms. The van der Waals surface area contributed by atoms with Crippen molar-refractivity contribution >= 4 is 16.8 Å². The van der Waals surface area contributed by atoms with Gasteiger partial charge in [-0.25, -0.2) is 0 Å². The van der Waals surface area contributed by atoms with Gasteiger partial charge in [0.05, 0.1) is 0 Å². The van der Waals surface area contributed by atoms with Gasteiger partial charge in [-0.05, 0) is 49.3 Å². The van der Waals surface area contributed by atoms with E-state index in [1.807, 2.05) is 0 Å². The van der Waals surface area contributed by atoms with Crippen LogP contribution >= 0.6 is 0 Å². The number of likely N-dealkylation sites (tertiary alicyclic amines) is 1. The number of aromatic nitrogens is 1. The molecule has 0 spiro atoms. The van der Waals surface area contributed by atoms with Gasteiger partial charge in [0.2, 0.25) is 5.91 Å². The number of nitrogens with one attached hydrogen (secondary N) is 1. The number of H-pyrrole nitrogens is 1. The maximum atomic E-state index is 12.6. The third kappa shape index (κ3) is 3.52. The molecule has 4 rings (SSSR count). The molecule has 1 fully saturated rings. The average Bonchev–Trinajstić information content (AvgIpc) is 3.11. The molecule has 0 saturated carbocycles. The van der Waals surface area contributed by atoms with Gasteiger partial charge in [-0.2, -0.15) is 0 Å². The molecule has 1 aromatic heterocycles. The highest BCUT2D eigenvalue weighted by Crippen LogP contribution is 2.33. The Morgan fingerprint density at radius 1 is 1.08 bits per heavy atom. The molecule has 0 bridgehead atoms. The second-order valence-electron chi connectivity index (χ2n) is 7.43. The van der Waals surface area contributed by atoms with Crippen molar-refractivity contribution in [3.8, 4) is 0 Å². The summed E-state index contributed by atoms with van der Waals surface area (Å²) in [6.07, 6.45) is 5.71. The van der Waals surface area contributed by atoms with Crippen molar-refractivity contribution in [2.24, 2.45) is 0 Å². The SMILES string of the molecule is Cc1ccc(CCC(=O)N2CCC(c3c[nH]c4ccccc34)CC2)cc1. The van der Waals surface area contributed by atoms with Crippen molar-refractivity contribution in [1.29, 1.82) is 0 Å². The van der Waals surface area contributed by atoms with Gasteiger partial charge in [0.25, 0.3) is 0 Å². The number of amides is 1. The Balaban J connectivity index is 1.33. The maximum absolute atomic E-state index is 12.6. The Morgan fingerprint density at radius 2 is 1.81 bits per heavy atom. The Bertz CT molecular complexity index is 886. The number of hydrogen-bond acceptors (Lipinski definition) is 1. The highest BCUT2D eigenvalue weighted by atomic mass is 16.2. The molecule has 2 aromatic carbocycles. The zero-order valence-corrected chi connectivity index (χ0v) is 15.4. The van der Waals surface area contributed by atoms with Crippen LogP contribution in [0.2, 0.25) is 0 Å². The van der Waals surface area contributed by atoms with Crippen molar-refractivity contribution in [2.45, 2.75) is 38.5 Å². The number of carbonyl (C=O) groups is 1. The van der Waals surface area contributed by atoms with Gasteiger partial charge in [-0.15, -0.1) is 0 Å². The number of rotatable bonds is 4. The van der Waals surface area contributed by atoms with E-state index >= 15 is 0 Å². The van der Waals surface area contributed by atoms with Crippen molar-refractivity contribution in [2.75, 3.05) is 13.1 Å². The number of nitrogens with zero attached hydrogens (tertiary/aromatic N) is 1. The summed E-state index contributed by atoms with van der Waals surface area (Å²) in [4.78, 5) is 18.0. The van der Waals surface area contributed by atoms with Crippen LogP contribution in [0.4, 0.5) is 0 Å². The number of aryl methyl sites for hydroxylation is 2. The largest absolute Gasteiger partial charge is 0.361 e. The Labute approximate surface area is 155 Å². The normalized spacial score (nSPS) is 15.5. The van der Waals surface area contributed by atoms with E-state index in [1.165, 1.54) is 27.6 Å². The van der Waals surface area contributed by atoms with Crippen molar-refractivity contribution in [3.05, 3.63) is 71.4 Å². The van der Waals surface area contributed by atoms with Crippen LogP contribution in [-0.4, -0.2) is 28.9 Å². The minimum atomic E-state index is 0.294. The lowest BCUT2D eigenvalue weighted by atomic mass is 9.89. The molecule has 0 unspecified atom stereocenters. The summed E-state index contributed by atoms with van der Waals surface area (Å²) in [6, 6.07) is 17.0. The first kappa shape index (κ1) is 16.9. The summed E-state index contributed by atoms with van der Waals surface area (Å²) in [6.45, 7) is 3.83. The smallest absolute Gasteiger partial charge is 0.222 e. The van der Waals surface area contributed by atoms with Gasteiger partial charge in [-0.3, -0.25) is 4.79 Å². The van der Waals surface area contributed by atoms with Crippen LogP contribution in [0.3, 0.4) is 0 Å². The third-order valence-corrected chi connectivity index (χ3v) is 5.66. The molecule has 2 heterocycles. The van der Waals surface area contributed by atoms with Gasteiger partial charge in [0, 0.05) is 36.6 Å². The van der Waals surface area contributed by atoms with E-state index in [9.17, 15) is 4.79 Å². The number of fused-ring (bicyclic) bond motifs is 1. The molecule has 1 N–H and O–H groups in total. The van der Waals surface area contributed by atoms with E-state index in [1.54, 1.807) is 0 Å². The molecule has 3 nitrogen and oxygen atoms in total. The second kappa shape index (κ2) is 7.36. The lowest BCUT2D eigenvalue weighted by Gasteiger charge is -2.32. The first-order valence-electron chi connectivity index (χ1n) is 9.60. The fourth-order valence-corrected chi connectivity index (χ4v) is 4.04. The summed E-state index contributed by atoms with van der Waals surface area (Å²) in [5, 5.41) is 1.33. The van der Waals surface area contributed by atoms with Gasteiger partial charge in [0.15, 0.2) is 0 Å². The summed E-state index contributed by atoms with van der Waals surface area (Å²) in [5.41, 5.74) is 5.13. The highest BCUT2D eigenvalue weighted by molar-refractivity contribution is 5.83. The number of benzene rings is 2. The first-order valence-corrected chi connectivity index (χ1v) is 9.60. The van der Waals surface area contributed by atoms with Crippen LogP contribution < -0.4 is 0 Å². The summed E-state index contributed by atoms with van der Waals surface area (Å²) in [5.74, 6) is 0.843. The Hall–Kier alpha value is -2.55. The topological polar surface area (TPSA) is 36.1 Å². The van der Waals surface area contributed by atoms with E-state index < -0.39 is 0 Å². The summed E-state index contributed by atoms with van der Waals surface area (Å²) >= 11 is 0. The molecular formula is C23H26N2O. The predicted octanol–water partition coefficient (Wildman–Crippen LogP) is 4.82. The van der Waals surface area contributed by atoms with Crippen molar-refractivity contribution < 1.29 is 4.79 Å². The Kier molecular flexibility index (Phi) is 4.79. The molecule has 3 heteroatoms. The van der Waals surface area contributed by atoms with Crippen LogP contribution in [0.1, 0.15) is 41.9 Å². The Morgan fingerprint density at radius 3 is 2.58 bits per heavy atom. The molecular weight excluding hydrogens is 320 g/mol. The van der Waals surface area contributed by atoms with Crippen LogP contribution in [0.15, 0.2) is 54.7 Å². The highest BCUT2D eigenvalue weighted by Gasteiger charge is 2.25. The summed E-state index contributed by atoms with van der Waals surface area (Å²) < 4.78 is 0. The van der Waals surface area contributed by atoms with Crippen LogP contribution in [0.5, 0.6) is 0 Å². The van der Waals surface area contributed by atoms with E-state index in [0.717, 1.165) is 32.4 Å². The number of para-hydroxylation sites is 1. The third-order valence-electron chi connectivity index (χ3n) is 5.66. The molecule has 3 aromatic rings. The van der Waals surface area contributed by atoms with E-state index in [2.05, 4.69) is 71.5 Å². The number of carbonyl (C=O) groups excluding carboxylic acids is 1. The lowest BCUT2D eigenvalue weighted by Crippen LogP contribution is -2.38. The van der Waals surface area contributed by atoms with Gasteiger partial charge >= 0.3 is 0 Å². The quantitative estimate of drug-likeness (QED) is 0.723. The fourth-order valence-electron chi connectivity index (χ4n) is 4.04. The van der Waals surface area contributed by atoms with E-state index in [4.69, 9.17) is 0 Å². The molecule has 1 amide bonds.